The van der Waals surface area contributed by atoms with E-state index in [1.54, 1.807) is 6.92 Å². The third-order valence-electron chi connectivity index (χ3n) is 3.87. The number of hydrogen-bond acceptors (Lipinski definition) is 2. The van der Waals surface area contributed by atoms with Crippen molar-refractivity contribution in [1.29, 1.82) is 0 Å². The Morgan fingerprint density at radius 3 is 2.11 bits per heavy atom. The molecule has 2 aromatic carbocycles. The zero-order valence-electron chi connectivity index (χ0n) is 14.5. The average Bonchev–Trinajstić information content (AvgIpc) is 2.64. The molecular formula is C19H18F4N2O2. The van der Waals surface area contributed by atoms with E-state index in [9.17, 15) is 27.2 Å². The van der Waals surface area contributed by atoms with Crippen molar-refractivity contribution in [2.75, 3.05) is 13.1 Å². The molecular weight excluding hydrogens is 364 g/mol. The van der Waals surface area contributed by atoms with Gasteiger partial charge in [0.15, 0.2) is 0 Å². The maximum atomic E-state index is 12.8. The predicted molar refractivity (Wildman–Crippen MR) is 91.3 cm³/mol. The van der Waals surface area contributed by atoms with Crippen LogP contribution in [0.5, 0.6) is 0 Å². The highest BCUT2D eigenvalue weighted by molar-refractivity contribution is 5.96. The minimum Gasteiger partial charge on any atom is -0.350 e. The fourth-order valence-electron chi connectivity index (χ4n) is 2.34. The van der Waals surface area contributed by atoms with Crippen LogP contribution in [0.25, 0.3) is 0 Å². The number of hydrogen-bond donors (Lipinski definition) is 1. The summed E-state index contributed by atoms with van der Waals surface area (Å²) in [4.78, 5) is 25.7. The lowest BCUT2D eigenvalue weighted by molar-refractivity contribution is -0.137. The Labute approximate surface area is 153 Å². The van der Waals surface area contributed by atoms with Gasteiger partial charge in [0.05, 0.1) is 12.1 Å². The Hall–Kier alpha value is -2.90. The molecule has 2 rings (SSSR count). The molecule has 0 bridgehead atoms. The molecule has 2 amide bonds. The molecule has 0 saturated heterocycles. The van der Waals surface area contributed by atoms with Crippen molar-refractivity contribution in [2.45, 2.75) is 19.6 Å². The summed E-state index contributed by atoms with van der Waals surface area (Å²) in [6.07, 6.45) is -4.48. The van der Waals surface area contributed by atoms with Crippen molar-refractivity contribution in [3.05, 3.63) is 71.0 Å². The zero-order chi connectivity index (χ0) is 20.0. The molecule has 0 aromatic heterocycles. The Morgan fingerprint density at radius 1 is 1.00 bits per heavy atom. The molecule has 144 valence electrons. The number of benzene rings is 2. The number of amides is 2. The second-order valence-electron chi connectivity index (χ2n) is 5.80. The van der Waals surface area contributed by atoms with Gasteiger partial charge in [-0.15, -0.1) is 0 Å². The highest BCUT2D eigenvalue weighted by Gasteiger charge is 2.30. The molecule has 0 atom stereocenters. The quantitative estimate of drug-likeness (QED) is 0.776. The maximum Gasteiger partial charge on any atom is 0.416 e. The molecule has 0 unspecified atom stereocenters. The number of carbonyl (C=O) groups excluding carboxylic acids is 2. The van der Waals surface area contributed by atoms with Gasteiger partial charge >= 0.3 is 6.18 Å². The monoisotopic (exact) mass is 382 g/mol. The van der Waals surface area contributed by atoms with E-state index in [2.05, 4.69) is 5.32 Å². The summed E-state index contributed by atoms with van der Waals surface area (Å²) in [5.74, 6) is -1.35. The Morgan fingerprint density at radius 2 is 1.59 bits per heavy atom. The molecule has 0 fully saturated rings. The second kappa shape index (κ2) is 8.66. The summed E-state index contributed by atoms with van der Waals surface area (Å²) in [5, 5.41) is 2.61. The van der Waals surface area contributed by atoms with E-state index in [0.717, 1.165) is 24.3 Å². The molecule has 0 saturated carbocycles. The van der Waals surface area contributed by atoms with E-state index in [4.69, 9.17) is 0 Å². The molecule has 0 aliphatic rings. The fourth-order valence-corrected chi connectivity index (χ4v) is 2.34. The highest BCUT2D eigenvalue weighted by atomic mass is 19.4. The summed E-state index contributed by atoms with van der Waals surface area (Å²) >= 11 is 0. The van der Waals surface area contributed by atoms with E-state index >= 15 is 0 Å². The van der Waals surface area contributed by atoms with Crippen molar-refractivity contribution in [3.8, 4) is 0 Å². The molecule has 0 spiro atoms. The van der Waals surface area contributed by atoms with Crippen LogP contribution in [0.2, 0.25) is 0 Å². The SMILES string of the molecule is CCN(CC(=O)NCc1ccc(F)cc1)C(=O)c1ccc(C(F)(F)F)cc1. The van der Waals surface area contributed by atoms with E-state index in [1.807, 2.05) is 0 Å². The minimum absolute atomic E-state index is 0.0659. The fraction of sp³-hybridized carbons (Fsp3) is 0.263. The van der Waals surface area contributed by atoms with Crippen molar-refractivity contribution in [3.63, 3.8) is 0 Å². The molecule has 1 N–H and O–H groups in total. The van der Waals surface area contributed by atoms with Crippen LogP contribution in [-0.4, -0.2) is 29.8 Å². The van der Waals surface area contributed by atoms with Crippen LogP contribution in [0.4, 0.5) is 17.6 Å². The normalized spacial score (nSPS) is 11.1. The Kier molecular flexibility index (Phi) is 6.55. The second-order valence-corrected chi connectivity index (χ2v) is 5.80. The van der Waals surface area contributed by atoms with Gasteiger partial charge in [-0.3, -0.25) is 9.59 Å². The van der Waals surface area contributed by atoms with Gasteiger partial charge in [-0.1, -0.05) is 12.1 Å². The van der Waals surface area contributed by atoms with Crippen LogP contribution in [0.3, 0.4) is 0 Å². The molecule has 2 aromatic rings. The van der Waals surface area contributed by atoms with Crippen molar-refractivity contribution >= 4 is 11.8 Å². The van der Waals surface area contributed by atoms with E-state index in [-0.39, 0.29) is 31.0 Å². The van der Waals surface area contributed by atoms with E-state index in [0.29, 0.717) is 5.56 Å². The number of nitrogens with one attached hydrogen (secondary N) is 1. The van der Waals surface area contributed by atoms with Crippen LogP contribution in [-0.2, 0) is 17.5 Å². The van der Waals surface area contributed by atoms with Gasteiger partial charge in [-0.05, 0) is 48.9 Å². The van der Waals surface area contributed by atoms with Gasteiger partial charge < -0.3 is 10.2 Å². The third-order valence-corrected chi connectivity index (χ3v) is 3.87. The average molecular weight is 382 g/mol. The first-order valence-corrected chi connectivity index (χ1v) is 8.18. The van der Waals surface area contributed by atoms with E-state index < -0.39 is 23.6 Å². The number of nitrogens with zero attached hydrogens (tertiary/aromatic N) is 1. The first kappa shape index (κ1) is 20.4. The molecule has 0 aliphatic carbocycles. The highest BCUT2D eigenvalue weighted by Crippen LogP contribution is 2.29. The summed E-state index contributed by atoms with van der Waals surface area (Å²) in [5.41, 5.74) is -0.0859. The van der Waals surface area contributed by atoms with Crippen molar-refractivity contribution < 1.29 is 27.2 Å². The van der Waals surface area contributed by atoms with Crippen LogP contribution >= 0.6 is 0 Å². The molecule has 8 heteroatoms. The van der Waals surface area contributed by atoms with E-state index in [1.165, 1.54) is 29.2 Å². The molecule has 4 nitrogen and oxygen atoms in total. The predicted octanol–water partition coefficient (Wildman–Crippen LogP) is 3.62. The largest absolute Gasteiger partial charge is 0.416 e. The Balaban J connectivity index is 1.95. The van der Waals surface area contributed by atoms with Gasteiger partial charge in [0.1, 0.15) is 5.82 Å². The lowest BCUT2D eigenvalue weighted by Gasteiger charge is -2.20. The van der Waals surface area contributed by atoms with Crippen LogP contribution in [0.1, 0.15) is 28.4 Å². The Bertz CT molecular complexity index is 787. The van der Waals surface area contributed by atoms with Gasteiger partial charge in [0.25, 0.3) is 5.91 Å². The number of alkyl halides is 3. The smallest absolute Gasteiger partial charge is 0.350 e. The standard InChI is InChI=1S/C19H18F4N2O2/c1-2-25(12-17(26)24-11-13-3-9-16(20)10-4-13)18(27)14-5-7-15(8-6-14)19(21,22)23/h3-10H,2,11-12H2,1H3,(H,24,26). The summed E-state index contributed by atoms with van der Waals surface area (Å²) in [6.45, 7) is 1.81. The molecule has 0 aliphatic heterocycles. The zero-order valence-corrected chi connectivity index (χ0v) is 14.5. The number of carbonyl (C=O) groups is 2. The molecule has 0 heterocycles. The van der Waals surface area contributed by atoms with Gasteiger partial charge in [-0.25, -0.2) is 4.39 Å². The van der Waals surface area contributed by atoms with Gasteiger partial charge in [0.2, 0.25) is 5.91 Å². The van der Waals surface area contributed by atoms with Crippen molar-refractivity contribution in [1.82, 2.24) is 10.2 Å². The third kappa shape index (κ3) is 5.80. The summed E-state index contributed by atoms with van der Waals surface area (Å²) in [6, 6.07) is 9.43. The summed E-state index contributed by atoms with van der Waals surface area (Å²) < 4.78 is 50.6. The van der Waals surface area contributed by atoms with Crippen LogP contribution < -0.4 is 5.32 Å². The molecule has 27 heavy (non-hydrogen) atoms. The van der Waals surface area contributed by atoms with Gasteiger partial charge in [-0.2, -0.15) is 13.2 Å². The lowest BCUT2D eigenvalue weighted by atomic mass is 10.1. The number of rotatable bonds is 6. The minimum atomic E-state index is -4.48. The first-order valence-electron chi connectivity index (χ1n) is 8.18. The topological polar surface area (TPSA) is 49.4 Å². The first-order chi connectivity index (χ1) is 12.7. The van der Waals surface area contributed by atoms with Crippen LogP contribution in [0, 0.1) is 5.82 Å². The van der Waals surface area contributed by atoms with Gasteiger partial charge in [0, 0.05) is 18.7 Å². The number of halogens is 4. The number of likely N-dealkylation sites (N-methyl/N-ethyl adjacent to an activating group) is 1. The molecule has 0 radical (unpaired) electrons. The summed E-state index contributed by atoms with van der Waals surface area (Å²) in [7, 11) is 0. The maximum absolute atomic E-state index is 12.8. The van der Waals surface area contributed by atoms with Crippen molar-refractivity contribution in [2.24, 2.45) is 0 Å². The van der Waals surface area contributed by atoms with Crippen LogP contribution in [0.15, 0.2) is 48.5 Å². The lowest BCUT2D eigenvalue weighted by Crippen LogP contribution is -2.40.